The summed E-state index contributed by atoms with van der Waals surface area (Å²) < 4.78 is 5.41. The van der Waals surface area contributed by atoms with Gasteiger partial charge in [0.25, 0.3) is 0 Å². The SMILES string of the molecule is B[C@]1(Nc2ccc3[nH]nc(-c4cnco4)c3c2)CCCc2cc(C#N)cnc21. The van der Waals surface area contributed by atoms with E-state index in [9.17, 15) is 0 Å². The molecule has 2 N–H and O–H groups in total. The molecule has 1 aliphatic carbocycles. The molecule has 8 heteroatoms. The van der Waals surface area contributed by atoms with E-state index in [0.29, 0.717) is 11.3 Å². The Morgan fingerprint density at radius 1 is 1.29 bits per heavy atom. The van der Waals surface area contributed by atoms with Crippen molar-refractivity contribution in [3.05, 3.63) is 59.9 Å². The van der Waals surface area contributed by atoms with E-state index in [4.69, 9.17) is 9.68 Å². The first-order valence-electron chi connectivity index (χ1n) is 9.21. The van der Waals surface area contributed by atoms with Crippen LogP contribution >= 0.6 is 0 Å². The number of aromatic amines is 1. The Morgan fingerprint density at radius 2 is 2.21 bits per heavy atom. The number of fused-ring (bicyclic) bond motifs is 2. The van der Waals surface area contributed by atoms with Crippen LogP contribution in [-0.4, -0.2) is 28.0 Å². The first kappa shape index (κ1) is 16.6. The molecule has 0 amide bonds. The molecule has 0 bridgehead atoms. The first-order valence-corrected chi connectivity index (χ1v) is 9.21. The minimum absolute atomic E-state index is 0.300. The molecule has 0 radical (unpaired) electrons. The fourth-order valence-corrected chi connectivity index (χ4v) is 4.06. The highest BCUT2D eigenvalue weighted by molar-refractivity contribution is 6.17. The lowest BCUT2D eigenvalue weighted by molar-refractivity contribution is 0.529. The summed E-state index contributed by atoms with van der Waals surface area (Å²) in [7, 11) is 2.17. The molecule has 28 heavy (non-hydrogen) atoms. The molecule has 0 aliphatic heterocycles. The molecule has 0 saturated heterocycles. The van der Waals surface area contributed by atoms with Crippen LogP contribution < -0.4 is 5.32 Å². The lowest BCUT2D eigenvalue weighted by atomic mass is 9.66. The van der Waals surface area contributed by atoms with Gasteiger partial charge in [-0.1, -0.05) is 0 Å². The highest BCUT2D eigenvalue weighted by Crippen LogP contribution is 2.36. The third kappa shape index (κ3) is 2.64. The zero-order valence-corrected chi connectivity index (χ0v) is 15.4. The predicted octanol–water partition coefficient (Wildman–Crippen LogP) is 2.72. The summed E-state index contributed by atoms with van der Waals surface area (Å²) in [5.74, 6) is 0.628. The molecule has 0 fully saturated rings. The summed E-state index contributed by atoms with van der Waals surface area (Å²) in [6, 6.07) is 10.3. The van der Waals surface area contributed by atoms with Gasteiger partial charge in [-0.3, -0.25) is 10.1 Å². The van der Waals surface area contributed by atoms with Gasteiger partial charge in [0.15, 0.2) is 12.2 Å². The largest absolute Gasteiger partial charge is 0.442 e. The molecule has 1 aliphatic rings. The Bertz CT molecular complexity index is 1210. The molecule has 136 valence electrons. The average Bonchev–Trinajstić information content (AvgIpc) is 3.37. The van der Waals surface area contributed by atoms with E-state index < -0.39 is 0 Å². The van der Waals surface area contributed by atoms with Gasteiger partial charge in [0.2, 0.25) is 0 Å². The summed E-state index contributed by atoms with van der Waals surface area (Å²) in [5.41, 5.74) is 5.12. The van der Waals surface area contributed by atoms with E-state index in [1.165, 1.54) is 6.39 Å². The lowest BCUT2D eigenvalue weighted by Gasteiger charge is -2.37. The number of aromatic nitrogens is 4. The summed E-state index contributed by atoms with van der Waals surface area (Å²) in [6.07, 6.45) is 7.68. The van der Waals surface area contributed by atoms with Crippen molar-refractivity contribution in [2.45, 2.75) is 24.7 Å². The zero-order chi connectivity index (χ0) is 19.1. The van der Waals surface area contributed by atoms with E-state index in [2.05, 4.69) is 45.5 Å². The number of nitriles is 1. The summed E-state index contributed by atoms with van der Waals surface area (Å²) in [6.45, 7) is 0. The van der Waals surface area contributed by atoms with Crippen molar-refractivity contribution in [2.75, 3.05) is 5.32 Å². The van der Waals surface area contributed by atoms with Crippen molar-refractivity contribution in [1.29, 1.82) is 5.26 Å². The number of H-pyrrole nitrogens is 1. The van der Waals surface area contributed by atoms with Gasteiger partial charge in [0.05, 0.1) is 23.0 Å². The van der Waals surface area contributed by atoms with Gasteiger partial charge in [-0.25, -0.2) is 4.98 Å². The third-order valence-corrected chi connectivity index (χ3v) is 5.39. The second-order valence-electron chi connectivity index (χ2n) is 7.35. The number of pyridine rings is 1. The van der Waals surface area contributed by atoms with Gasteiger partial charge in [0.1, 0.15) is 19.6 Å². The molecule has 1 aromatic carbocycles. The van der Waals surface area contributed by atoms with Gasteiger partial charge in [-0.15, -0.1) is 0 Å². The molecule has 3 heterocycles. The fourth-order valence-electron chi connectivity index (χ4n) is 4.06. The molecule has 4 aromatic rings. The van der Waals surface area contributed by atoms with E-state index in [1.807, 2.05) is 18.2 Å². The quantitative estimate of drug-likeness (QED) is 0.539. The number of nitrogens with one attached hydrogen (secondary N) is 2. The minimum atomic E-state index is -0.300. The van der Waals surface area contributed by atoms with Crippen LogP contribution in [0.15, 0.2) is 47.5 Å². The molecular formula is C20H17BN6O. The Labute approximate surface area is 162 Å². The predicted molar refractivity (Wildman–Crippen MR) is 107 cm³/mol. The number of benzene rings is 1. The van der Waals surface area contributed by atoms with Gasteiger partial charge in [-0.2, -0.15) is 10.4 Å². The number of aryl methyl sites for hydroxylation is 1. The summed E-state index contributed by atoms with van der Waals surface area (Å²) in [4.78, 5) is 8.61. The maximum atomic E-state index is 9.16. The van der Waals surface area contributed by atoms with Crippen molar-refractivity contribution < 1.29 is 4.42 Å². The molecule has 0 spiro atoms. The number of anilines is 1. The minimum Gasteiger partial charge on any atom is -0.442 e. The van der Waals surface area contributed by atoms with Crippen molar-refractivity contribution in [3.8, 4) is 17.5 Å². The van der Waals surface area contributed by atoms with Crippen molar-refractivity contribution in [3.63, 3.8) is 0 Å². The van der Waals surface area contributed by atoms with Crippen molar-refractivity contribution in [2.24, 2.45) is 0 Å². The number of hydrogen-bond acceptors (Lipinski definition) is 6. The van der Waals surface area contributed by atoms with Gasteiger partial charge >= 0.3 is 0 Å². The Hall–Kier alpha value is -3.60. The van der Waals surface area contributed by atoms with Crippen LogP contribution in [0.3, 0.4) is 0 Å². The van der Waals surface area contributed by atoms with E-state index in [-0.39, 0.29) is 5.44 Å². The van der Waals surface area contributed by atoms with Crippen LogP contribution in [-0.2, 0) is 11.9 Å². The molecule has 3 aromatic heterocycles. The van der Waals surface area contributed by atoms with Crippen LogP contribution in [0.4, 0.5) is 5.69 Å². The molecular weight excluding hydrogens is 351 g/mol. The molecule has 5 rings (SSSR count). The van der Waals surface area contributed by atoms with E-state index >= 15 is 0 Å². The average molecular weight is 368 g/mol. The molecule has 1 atom stereocenters. The Kier molecular flexibility index (Phi) is 3.69. The topological polar surface area (TPSA) is 103 Å². The summed E-state index contributed by atoms with van der Waals surface area (Å²) >= 11 is 0. The monoisotopic (exact) mass is 368 g/mol. The first-order chi connectivity index (χ1) is 13.7. The number of nitrogens with zero attached hydrogens (tertiary/aromatic N) is 4. The number of oxazole rings is 1. The second kappa shape index (κ2) is 6.24. The summed E-state index contributed by atoms with van der Waals surface area (Å²) in [5, 5.41) is 21.2. The standard InChI is InChI=1S/C20H17BN6O/c21-20(5-1-2-13-6-12(8-22)9-24-19(13)20)25-14-3-4-16-15(7-14)18(27-26-16)17-10-23-11-28-17/h3-4,6-7,9-11,25H,1-2,5,21H2,(H,26,27)/t20-/m0/s1. The lowest BCUT2D eigenvalue weighted by Crippen LogP contribution is -2.40. The Morgan fingerprint density at radius 3 is 3.04 bits per heavy atom. The fraction of sp³-hybridized carbons (Fsp3) is 0.200. The third-order valence-electron chi connectivity index (χ3n) is 5.39. The van der Waals surface area contributed by atoms with Crippen LogP contribution in [0.25, 0.3) is 22.4 Å². The van der Waals surface area contributed by atoms with Gasteiger partial charge in [-0.05, 0) is 49.1 Å². The number of rotatable bonds is 3. The van der Waals surface area contributed by atoms with Crippen molar-refractivity contribution in [1.82, 2.24) is 20.2 Å². The van der Waals surface area contributed by atoms with Gasteiger partial charge < -0.3 is 9.73 Å². The maximum Gasteiger partial charge on any atom is 0.181 e. The van der Waals surface area contributed by atoms with Crippen molar-refractivity contribution >= 4 is 24.4 Å². The smallest absolute Gasteiger partial charge is 0.181 e. The second-order valence-corrected chi connectivity index (χ2v) is 7.35. The van der Waals surface area contributed by atoms with Crippen LogP contribution in [0, 0.1) is 11.3 Å². The van der Waals surface area contributed by atoms with Crippen LogP contribution in [0.1, 0.15) is 29.7 Å². The Balaban J connectivity index is 1.54. The number of hydrogen-bond donors (Lipinski definition) is 2. The van der Waals surface area contributed by atoms with E-state index in [0.717, 1.165) is 52.8 Å². The zero-order valence-electron chi connectivity index (χ0n) is 15.4. The highest BCUT2D eigenvalue weighted by atomic mass is 16.3. The van der Waals surface area contributed by atoms with Crippen LogP contribution in [0.2, 0.25) is 0 Å². The van der Waals surface area contributed by atoms with Crippen LogP contribution in [0.5, 0.6) is 0 Å². The highest BCUT2D eigenvalue weighted by Gasteiger charge is 2.33. The molecule has 0 saturated carbocycles. The van der Waals surface area contributed by atoms with E-state index in [1.54, 1.807) is 12.4 Å². The molecule has 0 unspecified atom stereocenters. The van der Waals surface area contributed by atoms with Gasteiger partial charge in [0, 0.05) is 22.7 Å². The molecule has 7 nitrogen and oxygen atoms in total. The normalized spacial score (nSPS) is 18.5. The maximum absolute atomic E-state index is 9.16.